The lowest BCUT2D eigenvalue weighted by Crippen LogP contribution is -2.34. The van der Waals surface area contributed by atoms with Gasteiger partial charge in [0, 0.05) is 26.1 Å². The molecule has 0 bridgehead atoms. The molecule has 0 aliphatic heterocycles. The molecule has 0 atom stereocenters. The standard InChI is InChI=1S/C14H24N4O5/c1-14(2,3)23-13(21)15-7-6-10-11(12(20)22-4)16-17-18(10)8-5-9-19/h19H,5-9H2,1-4H3,(H,15,21). The molecule has 0 aromatic carbocycles. The highest BCUT2D eigenvalue weighted by molar-refractivity contribution is 5.88. The van der Waals surface area contributed by atoms with Gasteiger partial charge in [-0.15, -0.1) is 5.10 Å². The Morgan fingerprint density at radius 2 is 2.04 bits per heavy atom. The van der Waals surface area contributed by atoms with Gasteiger partial charge in [0.2, 0.25) is 0 Å². The highest BCUT2D eigenvalue weighted by Crippen LogP contribution is 2.09. The van der Waals surface area contributed by atoms with Crippen LogP contribution in [0.5, 0.6) is 0 Å². The first kappa shape index (κ1) is 18.9. The minimum absolute atomic E-state index is 0.00299. The van der Waals surface area contributed by atoms with Gasteiger partial charge in [-0.1, -0.05) is 5.21 Å². The number of aromatic nitrogens is 3. The number of ether oxygens (including phenoxy) is 2. The highest BCUT2D eigenvalue weighted by Gasteiger charge is 2.21. The summed E-state index contributed by atoms with van der Waals surface area (Å²) in [5.41, 5.74) is 0.0731. The summed E-state index contributed by atoms with van der Waals surface area (Å²) >= 11 is 0. The van der Waals surface area contributed by atoms with E-state index < -0.39 is 17.7 Å². The van der Waals surface area contributed by atoms with Crippen molar-refractivity contribution in [2.75, 3.05) is 20.3 Å². The largest absolute Gasteiger partial charge is 0.464 e. The number of aryl methyl sites for hydroxylation is 1. The van der Waals surface area contributed by atoms with Gasteiger partial charge in [0.1, 0.15) is 5.60 Å². The molecule has 1 heterocycles. The van der Waals surface area contributed by atoms with Crippen LogP contribution in [-0.4, -0.2) is 58.0 Å². The van der Waals surface area contributed by atoms with Crippen LogP contribution in [-0.2, 0) is 22.4 Å². The van der Waals surface area contributed by atoms with Crippen molar-refractivity contribution >= 4 is 12.1 Å². The number of nitrogens with one attached hydrogen (secondary N) is 1. The normalized spacial score (nSPS) is 11.2. The minimum atomic E-state index is -0.590. The molecule has 0 aliphatic carbocycles. The van der Waals surface area contributed by atoms with E-state index in [-0.39, 0.29) is 18.8 Å². The first-order valence-corrected chi connectivity index (χ1v) is 7.37. The van der Waals surface area contributed by atoms with Gasteiger partial charge < -0.3 is 19.9 Å². The molecule has 0 saturated heterocycles. The average Bonchev–Trinajstić information content (AvgIpc) is 2.85. The lowest BCUT2D eigenvalue weighted by molar-refractivity contribution is 0.0528. The summed E-state index contributed by atoms with van der Waals surface area (Å²) in [5.74, 6) is -0.590. The molecule has 1 amide bonds. The second kappa shape index (κ2) is 8.47. The third-order valence-corrected chi connectivity index (χ3v) is 2.77. The number of aliphatic hydroxyl groups excluding tert-OH is 1. The fourth-order valence-corrected chi connectivity index (χ4v) is 1.83. The van der Waals surface area contributed by atoms with Crippen LogP contribution < -0.4 is 5.32 Å². The number of carbonyl (C=O) groups excluding carboxylic acids is 2. The summed E-state index contributed by atoms with van der Waals surface area (Å²) in [5, 5.41) is 19.2. The first-order valence-electron chi connectivity index (χ1n) is 7.37. The maximum absolute atomic E-state index is 11.7. The number of aliphatic hydroxyl groups is 1. The maximum Gasteiger partial charge on any atom is 0.407 e. The van der Waals surface area contributed by atoms with E-state index in [0.717, 1.165) is 0 Å². The Morgan fingerprint density at radius 3 is 2.61 bits per heavy atom. The predicted molar refractivity (Wildman–Crippen MR) is 81.0 cm³/mol. The number of carbonyl (C=O) groups is 2. The molecule has 0 spiro atoms. The van der Waals surface area contributed by atoms with Crippen LogP contribution in [0.3, 0.4) is 0 Å². The molecule has 23 heavy (non-hydrogen) atoms. The summed E-state index contributed by atoms with van der Waals surface area (Å²) in [6.07, 6.45) is 0.282. The molecule has 0 unspecified atom stereocenters. The van der Waals surface area contributed by atoms with E-state index in [0.29, 0.717) is 25.1 Å². The summed E-state index contributed by atoms with van der Waals surface area (Å²) < 4.78 is 11.3. The second-order valence-corrected chi connectivity index (χ2v) is 5.86. The first-order chi connectivity index (χ1) is 10.8. The predicted octanol–water partition coefficient (Wildman–Crippen LogP) is 0.514. The van der Waals surface area contributed by atoms with Crippen molar-refractivity contribution in [3.8, 4) is 0 Å². The molecule has 1 aromatic rings. The Morgan fingerprint density at radius 1 is 1.35 bits per heavy atom. The number of alkyl carbamates (subject to hydrolysis) is 1. The Hall–Kier alpha value is -2.16. The van der Waals surface area contributed by atoms with Crippen molar-refractivity contribution in [3.05, 3.63) is 11.4 Å². The zero-order valence-electron chi connectivity index (χ0n) is 14.0. The molecule has 0 radical (unpaired) electrons. The van der Waals surface area contributed by atoms with Gasteiger partial charge in [-0.3, -0.25) is 0 Å². The lowest BCUT2D eigenvalue weighted by Gasteiger charge is -2.19. The van der Waals surface area contributed by atoms with E-state index in [4.69, 9.17) is 9.84 Å². The van der Waals surface area contributed by atoms with E-state index >= 15 is 0 Å². The van der Waals surface area contributed by atoms with Crippen LogP contribution in [0.4, 0.5) is 4.79 Å². The fourth-order valence-electron chi connectivity index (χ4n) is 1.83. The van der Waals surface area contributed by atoms with E-state index in [9.17, 15) is 9.59 Å². The van der Waals surface area contributed by atoms with Crippen molar-refractivity contribution in [2.24, 2.45) is 0 Å². The third-order valence-electron chi connectivity index (χ3n) is 2.77. The second-order valence-electron chi connectivity index (χ2n) is 5.86. The van der Waals surface area contributed by atoms with Crippen LogP contribution in [0.1, 0.15) is 43.4 Å². The zero-order valence-corrected chi connectivity index (χ0v) is 14.0. The van der Waals surface area contributed by atoms with Gasteiger partial charge >= 0.3 is 12.1 Å². The number of hydrogen-bond acceptors (Lipinski definition) is 7. The topological polar surface area (TPSA) is 116 Å². The van der Waals surface area contributed by atoms with Crippen LogP contribution in [0.15, 0.2) is 0 Å². The van der Waals surface area contributed by atoms with Crippen LogP contribution in [0, 0.1) is 0 Å². The highest BCUT2D eigenvalue weighted by atomic mass is 16.6. The molecule has 9 nitrogen and oxygen atoms in total. The maximum atomic E-state index is 11.7. The Bertz CT molecular complexity index is 536. The zero-order chi connectivity index (χ0) is 17.5. The average molecular weight is 328 g/mol. The van der Waals surface area contributed by atoms with Crippen LogP contribution in [0.25, 0.3) is 0 Å². The molecule has 1 rings (SSSR count). The summed E-state index contributed by atoms with van der Waals surface area (Å²) in [4.78, 5) is 23.3. The van der Waals surface area contributed by atoms with Crippen molar-refractivity contribution < 1.29 is 24.2 Å². The monoisotopic (exact) mass is 328 g/mol. The number of esters is 1. The van der Waals surface area contributed by atoms with Crippen molar-refractivity contribution in [3.63, 3.8) is 0 Å². The van der Waals surface area contributed by atoms with Gasteiger partial charge in [-0.2, -0.15) is 0 Å². The number of methoxy groups -OCH3 is 1. The van der Waals surface area contributed by atoms with Crippen molar-refractivity contribution in [1.29, 1.82) is 0 Å². The molecule has 0 saturated carbocycles. The van der Waals surface area contributed by atoms with Crippen LogP contribution in [0.2, 0.25) is 0 Å². The molecular weight excluding hydrogens is 304 g/mol. The molecule has 0 fully saturated rings. The molecule has 9 heteroatoms. The van der Waals surface area contributed by atoms with Gasteiger partial charge in [-0.05, 0) is 27.2 Å². The molecular formula is C14H24N4O5. The minimum Gasteiger partial charge on any atom is -0.464 e. The molecule has 2 N–H and O–H groups in total. The number of hydrogen-bond donors (Lipinski definition) is 2. The van der Waals surface area contributed by atoms with Crippen molar-refractivity contribution in [2.45, 2.75) is 45.8 Å². The quantitative estimate of drug-likeness (QED) is 0.701. The Labute approximate surface area is 135 Å². The van der Waals surface area contributed by atoms with Crippen LogP contribution >= 0.6 is 0 Å². The third kappa shape index (κ3) is 6.23. The van der Waals surface area contributed by atoms with Gasteiger partial charge in [0.05, 0.1) is 12.8 Å². The number of rotatable bonds is 7. The lowest BCUT2D eigenvalue weighted by atomic mass is 10.2. The van der Waals surface area contributed by atoms with E-state index in [1.807, 2.05) is 0 Å². The molecule has 130 valence electrons. The molecule has 1 aromatic heterocycles. The van der Waals surface area contributed by atoms with Gasteiger partial charge in [-0.25, -0.2) is 14.3 Å². The number of amides is 1. The van der Waals surface area contributed by atoms with Gasteiger partial charge in [0.25, 0.3) is 0 Å². The van der Waals surface area contributed by atoms with E-state index in [1.165, 1.54) is 11.8 Å². The van der Waals surface area contributed by atoms with E-state index in [1.54, 1.807) is 20.8 Å². The fraction of sp³-hybridized carbons (Fsp3) is 0.714. The SMILES string of the molecule is COC(=O)c1nnn(CCCO)c1CCNC(=O)OC(C)(C)C. The molecule has 0 aliphatic rings. The summed E-state index contributed by atoms with van der Waals surface area (Å²) in [7, 11) is 1.26. The summed E-state index contributed by atoms with van der Waals surface area (Å²) in [6, 6.07) is 0. The van der Waals surface area contributed by atoms with Gasteiger partial charge in [0.15, 0.2) is 5.69 Å². The smallest absolute Gasteiger partial charge is 0.407 e. The van der Waals surface area contributed by atoms with E-state index in [2.05, 4.69) is 20.4 Å². The van der Waals surface area contributed by atoms with Crippen molar-refractivity contribution in [1.82, 2.24) is 20.3 Å². The summed E-state index contributed by atoms with van der Waals surface area (Å²) in [6.45, 7) is 6.00. The Kier molecular flexibility index (Phi) is 6.95. The number of nitrogens with zero attached hydrogens (tertiary/aromatic N) is 3. The Balaban J connectivity index is 2.71.